The lowest BCUT2D eigenvalue weighted by molar-refractivity contribution is -0.141. The van der Waals surface area contributed by atoms with Gasteiger partial charge in [-0.1, -0.05) is 17.7 Å². The first kappa shape index (κ1) is 19.0. The monoisotopic (exact) mass is 334 g/mol. The fourth-order valence-corrected chi connectivity index (χ4v) is 3.09. The summed E-state index contributed by atoms with van der Waals surface area (Å²) in [4.78, 5) is 0. The molecule has 2 N–H and O–H groups in total. The molecule has 24 heavy (non-hydrogen) atoms. The van der Waals surface area contributed by atoms with Gasteiger partial charge in [0.05, 0.1) is 31.8 Å². The van der Waals surface area contributed by atoms with E-state index in [4.69, 9.17) is 9.15 Å². The van der Waals surface area contributed by atoms with Crippen LogP contribution in [0.3, 0.4) is 0 Å². The predicted molar refractivity (Wildman–Crippen MR) is 94.8 cm³/mol. The SMILES string of the molecule is CC(C)=CCC[C@@](O)(CO)[C@@H]1CC/C(=C\CCc2ccoc2)CO1. The van der Waals surface area contributed by atoms with E-state index in [-0.39, 0.29) is 12.7 Å². The number of allylic oxidation sites excluding steroid dienone is 3. The summed E-state index contributed by atoms with van der Waals surface area (Å²) in [6, 6.07) is 1.99. The van der Waals surface area contributed by atoms with E-state index >= 15 is 0 Å². The van der Waals surface area contributed by atoms with Crippen LogP contribution in [0.2, 0.25) is 0 Å². The first-order valence-corrected chi connectivity index (χ1v) is 8.80. The van der Waals surface area contributed by atoms with Crippen molar-refractivity contribution in [2.45, 2.75) is 64.1 Å². The highest BCUT2D eigenvalue weighted by molar-refractivity contribution is 5.11. The van der Waals surface area contributed by atoms with Crippen molar-refractivity contribution in [1.29, 1.82) is 0 Å². The molecular weight excluding hydrogens is 304 g/mol. The summed E-state index contributed by atoms with van der Waals surface area (Å²) in [6.07, 6.45) is 12.4. The molecule has 1 aromatic rings. The van der Waals surface area contributed by atoms with Crippen LogP contribution in [-0.4, -0.2) is 35.1 Å². The molecule has 2 heterocycles. The van der Waals surface area contributed by atoms with E-state index in [1.54, 1.807) is 12.5 Å². The van der Waals surface area contributed by atoms with Crippen molar-refractivity contribution >= 4 is 0 Å². The van der Waals surface area contributed by atoms with Crippen LogP contribution in [0.5, 0.6) is 0 Å². The van der Waals surface area contributed by atoms with Gasteiger partial charge >= 0.3 is 0 Å². The molecule has 1 fully saturated rings. The van der Waals surface area contributed by atoms with Crippen molar-refractivity contribution in [1.82, 2.24) is 0 Å². The zero-order chi connectivity index (χ0) is 17.4. The van der Waals surface area contributed by atoms with Crippen LogP contribution in [0.25, 0.3) is 0 Å². The lowest BCUT2D eigenvalue weighted by Crippen LogP contribution is -2.48. The second-order valence-corrected chi connectivity index (χ2v) is 6.95. The quantitative estimate of drug-likeness (QED) is 0.710. The standard InChI is InChI=1S/C20H30O4/c1-16(2)5-4-11-20(22,15-21)19-9-8-17(14-24-19)6-3-7-18-10-12-23-13-18/h5-6,10,12-13,19,21-22H,3-4,7-9,11,14-15H2,1-2H3/b17-6+/t19-,20+/m0/s1. The number of rotatable bonds is 8. The molecule has 0 aliphatic carbocycles. The van der Waals surface area contributed by atoms with Crippen LogP contribution in [0.15, 0.2) is 46.3 Å². The molecule has 1 aromatic heterocycles. The summed E-state index contributed by atoms with van der Waals surface area (Å²) in [7, 11) is 0. The van der Waals surface area contributed by atoms with E-state index in [2.05, 4.69) is 12.2 Å². The average Bonchev–Trinajstić information content (AvgIpc) is 3.08. The van der Waals surface area contributed by atoms with Crippen LogP contribution >= 0.6 is 0 Å². The van der Waals surface area contributed by atoms with Gasteiger partial charge in [-0.3, -0.25) is 0 Å². The second kappa shape index (κ2) is 9.21. The molecule has 2 rings (SSSR count). The Balaban J connectivity index is 1.80. The molecule has 0 amide bonds. The van der Waals surface area contributed by atoms with E-state index in [0.717, 1.165) is 32.1 Å². The van der Waals surface area contributed by atoms with Crippen LogP contribution in [0, 0.1) is 0 Å². The molecular formula is C20H30O4. The Labute approximate surface area is 144 Å². The minimum atomic E-state index is -1.14. The van der Waals surface area contributed by atoms with Gasteiger partial charge in [0.15, 0.2) is 0 Å². The summed E-state index contributed by atoms with van der Waals surface area (Å²) >= 11 is 0. The highest BCUT2D eigenvalue weighted by Gasteiger charge is 2.38. The maximum Gasteiger partial charge on any atom is 0.114 e. The van der Waals surface area contributed by atoms with Crippen LogP contribution in [0.1, 0.15) is 51.5 Å². The normalized spacial score (nSPS) is 22.3. The van der Waals surface area contributed by atoms with Gasteiger partial charge in [0, 0.05) is 0 Å². The summed E-state index contributed by atoms with van der Waals surface area (Å²) in [6.45, 7) is 4.36. The molecule has 4 nitrogen and oxygen atoms in total. The Bertz CT molecular complexity index is 530. The average molecular weight is 334 g/mol. The number of aliphatic hydroxyl groups is 2. The minimum absolute atomic E-state index is 0.256. The van der Waals surface area contributed by atoms with Crippen molar-refractivity contribution in [2.24, 2.45) is 0 Å². The van der Waals surface area contributed by atoms with E-state index in [1.807, 2.05) is 19.9 Å². The van der Waals surface area contributed by atoms with Gasteiger partial charge in [-0.15, -0.1) is 0 Å². The number of hydrogen-bond acceptors (Lipinski definition) is 4. The first-order valence-electron chi connectivity index (χ1n) is 8.80. The highest BCUT2D eigenvalue weighted by atomic mass is 16.5. The predicted octanol–water partition coefficient (Wildman–Crippen LogP) is 3.79. The molecule has 1 aliphatic rings. The smallest absolute Gasteiger partial charge is 0.114 e. The van der Waals surface area contributed by atoms with Crippen molar-refractivity contribution < 1.29 is 19.4 Å². The highest BCUT2D eigenvalue weighted by Crippen LogP contribution is 2.30. The van der Waals surface area contributed by atoms with E-state index in [0.29, 0.717) is 13.0 Å². The number of furan rings is 1. The van der Waals surface area contributed by atoms with Crippen LogP contribution < -0.4 is 0 Å². The maximum absolute atomic E-state index is 10.7. The van der Waals surface area contributed by atoms with Crippen molar-refractivity contribution in [3.05, 3.63) is 47.5 Å². The van der Waals surface area contributed by atoms with E-state index < -0.39 is 5.60 Å². The largest absolute Gasteiger partial charge is 0.472 e. The van der Waals surface area contributed by atoms with Gasteiger partial charge in [0.25, 0.3) is 0 Å². The van der Waals surface area contributed by atoms with Crippen molar-refractivity contribution in [2.75, 3.05) is 13.2 Å². The Morgan fingerprint density at radius 1 is 1.38 bits per heavy atom. The first-order chi connectivity index (χ1) is 11.5. The number of hydrogen-bond donors (Lipinski definition) is 2. The maximum atomic E-state index is 10.7. The Morgan fingerprint density at radius 2 is 2.21 bits per heavy atom. The number of ether oxygens (including phenoxy) is 1. The molecule has 4 heteroatoms. The molecule has 0 radical (unpaired) electrons. The minimum Gasteiger partial charge on any atom is -0.472 e. The second-order valence-electron chi connectivity index (χ2n) is 6.95. The Morgan fingerprint density at radius 3 is 2.79 bits per heavy atom. The van der Waals surface area contributed by atoms with Crippen molar-refractivity contribution in [3.8, 4) is 0 Å². The van der Waals surface area contributed by atoms with E-state index in [9.17, 15) is 10.2 Å². The summed E-state index contributed by atoms with van der Waals surface area (Å²) < 4.78 is 10.9. The number of aliphatic hydroxyl groups excluding tert-OH is 1. The zero-order valence-corrected chi connectivity index (χ0v) is 14.8. The van der Waals surface area contributed by atoms with Gasteiger partial charge in [-0.25, -0.2) is 0 Å². The van der Waals surface area contributed by atoms with Gasteiger partial charge in [-0.05, 0) is 69.6 Å². The molecule has 2 atom stereocenters. The van der Waals surface area contributed by atoms with Crippen LogP contribution in [-0.2, 0) is 11.2 Å². The number of aryl methyl sites for hydroxylation is 1. The van der Waals surface area contributed by atoms with Crippen molar-refractivity contribution in [3.63, 3.8) is 0 Å². The summed E-state index contributed by atoms with van der Waals surface area (Å²) in [5.41, 5.74) is 2.56. The lowest BCUT2D eigenvalue weighted by Gasteiger charge is -2.37. The molecule has 134 valence electrons. The third-order valence-electron chi connectivity index (χ3n) is 4.65. The Hall–Kier alpha value is -1.36. The topological polar surface area (TPSA) is 62.8 Å². The zero-order valence-electron chi connectivity index (χ0n) is 14.8. The molecule has 0 saturated carbocycles. The summed E-state index contributed by atoms with van der Waals surface area (Å²) in [5.74, 6) is 0. The Kier molecular flexibility index (Phi) is 7.28. The van der Waals surface area contributed by atoms with Gasteiger partial charge < -0.3 is 19.4 Å². The molecule has 1 aliphatic heterocycles. The van der Waals surface area contributed by atoms with Gasteiger partial charge in [0.1, 0.15) is 5.60 Å². The molecule has 0 unspecified atom stereocenters. The molecule has 0 aromatic carbocycles. The third kappa shape index (κ3) is 5.62. The van der Waals surface area contributed by atoms with Gasteiger partial charge in [-0.2, -0.15) is 0 Å². The lowest BCUT2D eigenvalue weighted by atomic mass is 9.86. The molecule has 1 saturated heterocycles. The molecule has 0 bridgehead atoms. The fourth-order valence-electron chi connectivity index (χ4n) is 3.09. The van der Waals surface area contributed by atoms with Gasteiger partial charge in [0.2, 0.25) is 0 Å². The molecule has 0 spiro atoms. The third-order valence-corrected chi connectivity index (χ3v) is 4.65. The summed E-state index contributed by atoms with van der Waals surface area (Å²) in [5, 5.41) is 20.4. The van der Waals surface area contributed by atoms with E-state index in [1.165, 1.54) is 16.7 Å². The van der Waals surface area contributed by atoms with Crippen LogP contribution in [0.4, 0.5) is 0 Å². The fraction of sp³-hybridized carbons (Fsp3) is 0.600.